The Kier molecular flexibility index (Phi) is 13.8. The molecule has 1 atom stereocenters. The summed E-state index contributed by atoms with van der Waals surface area (Å²) in [5.41, 5.74) is 0.876. The molecule has 0 heterocycles. The number of aliphatic imine (C=N–C) groups is 1. The van der Waals surface area contributed by atoms with E-state index in [-0.39, 0.29) is 29.8 Å². The van der Waals surface area contributed by atoms with E-state index >= 15 is 0 Å². The van der Waals surface area contributed by atoms with Crippen LogP contribution < -0.4 is 10.6 Å². The van der Waals surface area contributed by atoms with Crippen molar-refractivity contribution in [2.75, 3.05) is 26.2 Å². The van der Waals surface area contributed by atoms with Crippen molar-refractivity contribution in [1.29, 1.82) is 0 Å². The van der Waals surface area contributed by atoms with Crippen molar-refractivity contribution in [3.05, 3.63) is 35.6 Å². The van der Waals surface area contributed by atoms with Crippen LogP contribution >= 0.6 is 24.0 Å². The summed E-state index contributed by atoms with van der Waals surface area (Å²) < 4.78 is 13.2. The van der Waals surface area contributed by atoms with Crippen LogP contribution in [0.25, 0.3) is 0 Å². The number of nitrogens with zero attached hydrogens (tertiary/aromatic N) is 2. The van der Waals surface area contributed by atoms with E-state index in [4.69, 9.17) is 0 Å². The highest BCUT2D eigenvalue weighted by atomic mass is 127. The number of benzene rings is 1. The summed E-state index contributed by atoms with van der Waals surface area (Å²) in [6.07, 6.45) is 2.26. The van der Waals surface area contributed by atoms with Crippen LogP contribution in [0.5, 0.6) is 0 Å². The van der Waals surface area contributed by atoms with Gasteiger partial charge in [-0.05, 0) is 64.0 Å². The fourth-order valence-electron chi connectivity index (χ4n) is 2.59. The van der Waals surface area contributed by atoms with E-state index in [1.54, 1.807) is 6.07 Å². The van der Waals surface area contributed by atoms with Gasteiger partial charge in [0.05, 0.1) is 6.54 Å². The molecule has 0 aliphatic heterocycles. The second-order valence-corrected chi connectivity index (χ2v) is 6.04. The molecule has 1 rings (SSSR count). The molecule has 0 aliphatic rings. The van der Waals surface area contributed by atoms with E-state index in [0.29, 0.717) is 12.6 Å². The van der Waals surface area contributed by atoms with Crippen LogP contribution in [0.4, 0.5) is 4.39 Å². The SMILES string of the molecule is CCNC(=NCc1cccc(F)c1)NC(C)CCCN(CC)CC.I. The molecular weight excluding hydrogens is 430 g/mol. The van der Waals surface area contributed by atoms with Gasteiger partial charge in [-0.25, -0.2) is 9.38 Å². The standard InChI is InChI=1S/C19H33FN4.HI/c1-5-21-19(22-15-17-11-8-12-18(20)14-17)23-16(4)10-9-13-24(6-2)7-3;/h8,11-12,14,16H,5-7,9-10,13,15H2,1-4H3,(H2,21,22,23);1H. The van der Waals surface area contributed by atoms with Crippen LogP contribution in [0.2, 0.25) is 0 Å². The summed E-state index contributed by atoms with van der Waals surface area (Å²) in [6.45, 7) is 13.3. The molecule has 0 bridgehead atoms. The van der Waals surface area contributed by atoms with Crippen LogP contribution in [0.1, 0.15) is 46.1 Å². The van der Waals surface area contributed by atoms with Crippen LogP contribution in [0, 0.1) is 5.82 Å². The van der Waals surface area contributed by atoms with Gasteiger partial charge < -0.3 is 15.5 Å². The number of guanidine groups is 1. The second-order valence-electron chi connectivity index (χ2n) is 6.04. The average molecular weight is 464 g/mol. The van der Waals surface area contributed by atoms with E-state index in [1.807, 2.05) is 13.0 Å². The topological polar surface area (TPSA) is 39.7 Å². The Morgan fingerprint density at radius 3 is 2.56 bits per heavy atom. The zero-order chi connectivity index (χ0) is 17.8. The zero-order valence-electron chi connectivity index (χ0n) is 16.0. The molecule has 0 amide bonds. The van der Waals surface area contributed by atoms with Gasteiger partial charge in [0.25, 0.3) is 0 Å². The van der Waals surface area contributed by atoms with Gasteiger partial charge in [-0.15, -0.1) is 24.0 Å². The first-order chi connectivity index (χ1) is 11.6. The summed E-state index contributed by atoms with van der Waals surface area (Å²) in [6, 6.07) is 6.95. The lowest BCUT2D eigenvalue weighted by Crippen LogP contribution is -2.42. The van der Waals surface area contributed by atoms with Gasteiger partial charge in [-0.1, -0.05) is 26.0 Å². The Morgan fingerprint density at radius 1 is 1.24 bits per heavy atom. The van der Waals surface area contributed by atoms with Gasteiger partial charge in [0, 0.05) is 12.6 Å². The molecule has 0 aliphatic carbocycles. The van der Waals surface area contributed by atoms with Crippen LogP contribution in [0.3, 0.4) is 0 Å². The number of hydrogen-bond acceptors (Lipinski definition) is 2. The maximum Gasteiger partial charge on any atom is 0.191 e. The Balaban J connectivity index is 0.00000576. The molecule has 2 N–H and O–H groups in total. The van der Waals surface area contributed by atoms with Crippen molar-refractivity contribution in [3.63, 3.8) is 0 Å². The summed E-state index contributed by atoms with van der Waals surface area (Å²) in [5, 5.41) is 6.69. The van der Waals surface area contributed by atoms with Gasteiger partial charge in [0.2, 0.25) is 0 Å². The number of nitrogens with one attached hydrogen (secondary N) is 2. The Bertz CT molecular complexity index is 492. The molecule has 0 fully saturated rings. The lowest BCUT2D eigenvalue weighted by molar-refractivity contribution is 0.292. The van der Waals surface area contributed by atoms with Gasteiger partial charge in [-0.3, -0.25) is 0 Å². The van der Waals surface area contributed by atoms with E-state index in [2.05, 4.69) is 41.3 Å². The van der Waals surface area contributed by atoms with Crippen LogP contribution in [0.15, 0.2) is 29.3 Å². The molecule has 4 nitrogen and oxygen atoms in total. The van der Waals surface area contributed by atoms with Crippen molar-refractivity contribution >= 4 is 29.9 Å². The number of hydrogen-bond donors (Lipinski definition) is 2. The van der Waals surface area contributed by atoms with E-state index in [0.717, 1.165) is 44.1 Å². The maximum absolute atomic E-state index is 13.2. The number of rotatable bonds is 10. The van der Waals surface area contributed by atoms with E-state index in [1.165, 1.54) is 18.6 Å². The third-order valence-electron chi connectivity index (χ3n) is 4.04. The van der Waals surface area contributed by atoms with Gasteiger partial charge >= 0.3 is 0 Å². The lowest BCUT2D eigenvalue weighted by atomic mass is 10.2. The van der Waals surface area contributed by atoms with E-state index in [9.17, 15) is 4.39 Å². The fourth-order valence-corrected chi connectivity index (χ4v) is 2.59. The average Bonchev–Trinajstić information content (AvgIpc) is 2.57. The number of halogens is 2. The smallest absolute Gasteiger partial charge is 0.191 e. The molecule has 0 saturated heterocycles. The molecule has 144 valence electrons. The van der Waals surface area contributed by atoms with Gasteiger partial charge in [0.15, 0.2) is 5.96 Å². The third kappa shape index (κ3) is 10.6. The largest absolute Gasteiger partial charge is 0.357 e. The highest BCUT2D eigenvalue weighted by molar-refractivity contribution is 14.0. The zero-order valence-corrected chi connectivity index (χ0v) is 18.3. The molecule has 6 heteroatoms. The third-order valence-corrected chi connectivity index (χ3v) is 4.04. The highest BCUT2D eigenvalue weighted by Gasteiger charge is 2.06. The highest BCUT2D eigenvalue weighted by Crippen LogP contribution is 2.05. The summed E-state index contributed by atoms with van der Waals surface area (Å²) in [4.78, 5) is 7.00. The van der Waals surface area contributed by atoms with Crippen LogP contribution in [-0.4, -0.2) is 43.1 Å². The van der Waals surface area contributed by atoms with Crippen molar-refractivity contribution in [2.45, 2.75) is 53.1 Å². The fraction of sp³-hybridized carbons (Fsp3) is 0.632. The van der Waals surface area contributed by atoms with Crippen LogP contribution in [-0.2, 0) is 6.54 Å². The minimum absolute atomic E-state index is 0. The van der Waals surface area contributed by atoms with Crippen molar-refractivity contribution < 1.29 is 4.39 Å². The molecule has 0 aromatic heterocycles. The predicted molar refractivity (Wildman–Crippen MR) is 116 cm³/mol. The monoisotopic (exact) mass is 464 g/mol. The normalized spacial score (nSPS) is 12.6. The Morgan fingerprint density at radius 2 is 1.96 bits per heavy atom. The predicted octanol–water partition coefficient (Wildman–Crippen LogP) is 4.01. The first-order valence-electron chi connectivity index (χ1n) is 9.10. The summed E-state index contributed by atoms with van der Waals surface area (Å²) >= 11 is 0. The molecule has 1 aromatic rings. The molecule has 0 saturated carbocycles. The van der Waals surface area contributed by atoms with Crippen molar-refractivity contribution in [3.8, 4) is 0 Å². The molecule has 0 spiro atoms. The van der Waals surface area contributed by atoms with Crippen molar-refractivity contribution in [1.82, 2.24) is 15.5 Å². The second kappa shape index (κ2) is 14.3. The summed E-state index contributed by atoms with van der Waals surface area (Å²) in [7, 11) is 0. The molecule has 0 radical (unpaired) electrons. The molecule has 25 heavy (non-hydrogen) atoms. The Hall–Kier alpha value is -0.890. The first-order valence-corrected chi connectivity index (χ1v) is 9.10. The van der Waals surface area contributed by atoms with Crippen molar-refractivity contribution in [2.24, 2.45) is 4.99 Å². The minimum atomic E-state index is -0.217. The Labute approximate surface area is 169 Å². The summed E-state index contributed by atoms with van der Waals surface area (Å²) in [5.74, 6) is 0.572. The lowest BCUT2D eigenvalue weighted by Gasteiger charge is -2.21. The van der Waals surface area contributed by atoms with Gasteiger partial charge in [-0.2, -0.15) is 0 Å². The minimum Gasteiger partial charge on any atom is -0.357 e. The quantitative estimate of drug-likeness (QED) is 0.312. The molecule has 1 aromatic carbocycles. The molecular formula is C19H34FIN4. The molecule has 1 unspecified atom stereocenters. The van der Waals surface area contributed by atoms with Gasteiger partial charge in [0.1, 0.15) is 5.82 Å². The first kappa shape index (κ1) is 24.1. The maximum atomic E-state index is 13.2. The van der Waals surface area contributed by atoms with E-state index < -0.39 is 0 Å².